The van der Waals surface area contributed by atoms with Gasteiger partial charge in [-0.15, -0.1) is 0 Å². The topological polar surface area (TPSA) is 127 Å². The average Bonchev–Trinajstić information content (AvgIpc) is 2.90. The van der Waals surface area contributed by atoms with Crippen LogP contribution in [0, 0.1) is 23.7 Å². The first-order chi connectivity index (χ1) is 18.3. The molecule has 0 spiro atoms. The molecular formula is C30H52O8. The second-order valence-corrected chi connectivity index (χ2v) is 10.9. The molecule has 0 aromatic rings. The third-order valence-electron chi connectivity index (χ3n) is 7.71. The second-order valence-electron chi connectivity index (χ2n) is 10.9. The number of unbranched alkanes of at least 4 members (excludes halogenated alkanes) is 14. The third kappa shape index (κ3) is 13.6. The molecule has 0 saturated heterocycles. The van der Waals surface area contributed by atoms with E-state index in [1.54, 1.807) is 0 Å². The van der Waals surface area contributed by atoms with Crippen molar-refractivity contribution >= 4 is 23.9 Å². The van der Waals surface area contributed by atoms with Gasteiger partial charge in [0.05, 0.1) is 36.9 Å². The smallest absolute Gasteiger partial charge is 0.309 e. The Morgan fingerprint density at radius 1 is 0.500 bits per heavy atom. The van der Waals surface area contributed by atoms with Gasteiger partial charge in [-0.05, 0) is 25.7 Å². The fourth-order valence-corrected chi connectivity index (χ4v) is 5.30. The normalized spacial score (nSPS) is 21.1. The van der Waals surface area contributed by atoms with Gasteiger partial charge in [-0.3, -0.25) is 19.2 Å². The summed E-state index contributed by atoms with van der Waals surface area (Å²) >= 11 is 0. The largest absolute Gasteiger partial charge is 0.481 e. The number of carbonyl (C=O) groups is 4. The predicted octanol–water partition coefficient (Wildman–Crippen LogP) is 6.78. The van der Waals surface area contributed by atoms with Gasteiger partial charge in [-0.25, -0.2) is 0 Å². The standard InChI is InChI=1S/C30H52O8/c1-3-5-7-9-11-13-15-17-19-37-29(35)25-21-23(27(31)32)24(28(33)34)22-26(25)30(36)38-20-18-16-14-12-10-8-6-4-2/h23-26H,3-22H2,1-2H3,(H,31,32)(H,33,34). The van der Waals surface area contributed by atoms with Gasteiger partial charge in [0.1, 0.15) is 0 Å². The van der Waals surface area contributed by atoms with Gasteiger partial charge < -0.3 is 19.7 Å². The number of ether oxygens (including phenoxy) is 2. The quantitative estimate of drug-likeness (QED) is 0.114. The van der Waals surface area contributed by atoms with Crippen LogP contribution in [-0.2, 0) is 28.7 Å². The van der Waals surface area contributed by atoms with E-state index in [4.69, 9.17) is 9.47 Å². The maximum absolute atomic E-state index is 12.9. The number of rotatable bonds is 22. The van der Waals surface area contributed by atoms with Crippen molar-refractivity contribution in [1.82, 2.24) is 0 Å². The summed E-state index contributed by atoms with van der Waals surface area (Å²) in [4.78, 5) is 49.4. The van der Waals surface area contributed by atoms with Crippen molar-refractivity contribution in [3.05, 3.63) is 0 Å². The molecule has 1 aliphatic carbocycles. The fraction of sp³-hybridized carbons (Fsp3) is 0.867. The lowest BCUT2D eigenvalue weighted by Gasteiger charge is -2.35. The molecule has 8 heteroatoms. The van der Waals surface area contributed by atoms with Gasteiger partial charge in [-0.1, -0.05) is 104 Å². The minimum absolute atomic E-state index is 0.213. The zero-order chi connectivity index (χ0) is 28.2. The van der Waals surface area contributed by atoms with E-state index in [-0.39, 0.29) is 26.1 Å². The number of hydrogen-bond donors (Lipinski definition) is 2. The van der Waals surface area contributed by atoms with Crippen molar-refractivity contribution in [3.63, 3.8) is 0 Å². The molecule has 0 heterocycles. The first-order valence-corrected chi connectivity index (χ1v) is 15.1. The molecule has 0 aliphatic heterocycles. The van der Waals surface area contributed by atoms with Crippen LogP contribution in [0.2, 0.25) is 0 Å². The van der Waals surface area contributed by atoms with E-state index in [1.807, 2.05) is 0 Å². The maximum atomic E-state index is 12.9. The average molecular weight is 541 g/mol. The molecule has 0 radical (unpaired) electrons. The zero-order valence-corrected chi connectivity index (χ0v) is 23.8. The van der Waals surface area contributed by atoms with Crippen molar-refractivity contribution in [2.75, 3.05) is 13.2 Å². The Labute approximate surface area is 229 Å². The third-order valence-corrected chi connectivity index (χ3v) is 7.71. The molecule has 4 atom stereocenters. The molecule has 38 heavy (non-hydrogen) atoms. The van der Waals surface area contributed by atoms with E-state index in [2.05, 4.69) is 13.8 Å². The lowest BCUT2D eigenvalue weighted by molar-refractivity contribution is -0.172. The number of aliphatic carboxylic acids is 2. The molecule has 0 aromatic heterocycles. The maximum Gasteiger partial charge on any atom is 0.309 e. The highest BCUT2D eigenvalue weighted by atomic mass is 16.5. The number of hydrogen-bond acceptors (Lipinski definition) is 6. The summed E-state index contributed by atoms with van der Waals surface area (Å²) in [6.45, 7) is 4.79. The highest BCUT2D eigenvalue weighted by molar-refractivity contribution is 5.86. The van der Waals surface area contributed by atoms with Crippen LogP contribution < -0.4 is 0 Å². The van der Waals surface area contributed by atoms with Crippen LogP contribution in [0.5, 0.6) is 0 Å². The highest BCUT2D eigenvalue weighted by Gasteiger charge is 2.50. The minimum atomic E-state index is -1.27. The van der Waals surface area contributed by atoms with E-state index >= 15 is 0 Å². The summed E-state index contributed by atoms with van der Waals surface area (Å²) in [7, 11) is 0. The predicted molar refractivity (Wildman–Crippen MR) is 146 cm³/mol. The van der Waals surface area contributed by atoms with Crippen molar-refractivity contribution in [1.29, 1.82) is 0 Å². The molecule has 2 N–H and O–H groups in total. The Balaban J connectivity index is 2.57. The van der Waals surface area contributed by atoms with Crippen LogP contribution in [0.1, 0.15) is 129 Å². The highest BCUT2D eigenvalue weighted by Crippen LogP contribution is 2.40. The lowest BCUT2D eigenvalue weighted by Crippen LogP contribution is -2.46. The summed E-state index contributed by atoms with van der Waals surface area (Å²) < 4.78 is 10.9. The van der Waals surface area contributed by atoms with Crippen LogP contribution in [0.25, 0.3) is 0 Å². The van der Waals surface area contributed by atoms with Gasteiger partial charge in [0.2, 0.25) is 0 Å². The summed E-state index contributed by atoms with van der Waals surface area (Å²) in [5.41, 5.74) is 0. The van der Waals surface area contributed by atoms with Crippen LogP contribution in [0.15, 0.2) is 0 Å². The molecule has 1 rings (SSSR count). The molecule has 0 bridgehead atoms. The Kier molecular flexibility index (Phi) is 18.6. The van der Waals surface area contributed by atoms with Gasteiger partial charge in [0.25, 0.3) is 0 Å². The molecule has 1 saturated carbocycles. The van der Waals surface area contributed by atoms with Crippen LogP contribution >= 0.6 is 0 Å². The van der Waals surface area contributed by atoms with E-state index in [9.17, 15) is 29.4 Å². The van der Waals surface area contributed by atoms with Gasteiger partial charge in [-0.2, -0.15) is 0 Å². The number of esters is 2. The molecular weight excluding hydrogens is 488 g/mol. The molecule has 220 valence electrons. The second kappa shape index (κ2) is 20.8. The summed E-state index contributed by atoms with van der Waals surface area (Å²) in [6.07, 6.45) is 17.1. The van der Waals surface area contributed by atoms with E-state index < -0.39 is 47.5 Å². The van der Waals surface area contributed by atoms with Crippen LogP contribution in [0.4, 0.5) is 0 Å². The first-order valence-electron chi connectivity index (χ1n) is 15.1. The molecule has 4 unspecified atom stereocenters. The van der Waals surface area contributed by atoms with Gasteiger partial charge in [0, 0.05) is 0 Å². The van der Waals surface area contributed by atoms with Gasteiger partial charge in [0.15, 0.2) is 0 Å². The van der Waals surface area contributed by atoms with E-state index in [0.29, 0.717) is 12.8 Å². The van der Waals surface area contributed by atoms with Crippen molar-refractivity contribution in [2.24, 2.45) is 23.7 Å². The number of carboxylic acids is 2. The Morgan fingerprint density at radius 3 is 1.08 bits per heavy atom. The molecule has 1 fully saturated rings. The monoisotopic (exact) mass is 540 g/mol. The first kappa shape index (κ1) is 33.9. The SMILES string of the molecule is CCCCCCCCCCOC(=O)C1CC(C(=O)O)C(C(=O)O)CC1C(=O)OCCCCCCCCCC. The van der Waals surface area contributed by atoms with E-state index in [1.165, 1.54) is 51.4 Å². The van der Waals surface area contributed by atoms with E-state index in [0.717, 1.165) is 38.5 Å². The van der Waals surface area contributed by atoms with Crippen molar-refractivity contribution in [3.8, 4) is 0 Å². The lowest BCUT2D eigenvalue weighted by atomic mass is 9.68. The Hall–Kier alpha value is -2.12. The number of carbonyl (C=O) groups excluding carboxylic acids is 2. The molecule has 0 amide bonds. The number of carboxylic acid groups (broad SMARTS) is 2. The van der Waals surface area contributed by atoms with Crippen molar-refractivity contribution < 1.29 is 38.9 Å². The Bertz CT molecular complexity index is 634. The van der Waals surface area contributed by atoms with Crippen molar-refractivity contribution in [2.45, 2.75) is 129 Å². The summed E-state index contributed by atoms with van der Waals surface area (Å²) in [5.74, 6) is -8.31. The fourth-order valence-electron chi connectivity index (χ4n) is 5.30. The van der Waals surface area contributed by atoms with Crippen LogP contribution in [-0.4, -0.2) is 47.3 Å². The molecule has 8 nitrogen and oxygen atoms in total. The van der Waals surface area contributed by atoms with Gasteiger partial charge >= 0.3 is 23.9 Å². The Morgan fingerprint density at radius 2 is 0.789 bits per heavy atom. The summed E-state index contributed by atoms with van der Waals surface area (Å²) in [6, 6.07) is 0. The molecule has 1 aliphatic rings. The molecule has 0 aromatic carbocycles. The minimum Gasteiger partial charge on any atom is -0.481 e. The zero-order valence-electron chi connectivity index (χ0n) is 23.8. The summed E-state index contributed by atoms with van der Waals surface area (Å²) in [5, 5.41) is 19.2. The van der Waals surface area contributed by atoms with Crippen LogP contribution in [0.3, 0.4) is 0 Å².